The second-order valence-corrected chi connectivity index (χ2v) is 6.66. The van der Waals surface area contributed by atoms with Crippen molar-refractivity contribution in [2.75, 3.05) is 0 Å². The zero-order chi connectivity index (χ0) is 17.9. The molecule has 25 heavy (non-hydrogen) atoms. The summed E-state index contributed by atoms with van der Waals surface area (Å²) in [5, 5.41) is 16.9. The Balaban J connectivity index is 1.85. The van der Waals surface area contributed by atoms with Crippen LogP contribution in [-0.4, -0.2) is 32.3 Å². The third-order valence-electron chi connectivity index (χ3n) is 4.88. The number of amides is 1. The van der Waals surface area contributed by atoms with Gasteiger partial charge in [-0.1, -0.05) is 43.9 Å². The number of nitrogens with zero attached hydrogens (tertiary/aromatic N) is 2. The van der Waals surface area contributed by atoms with Gasteiger partial charge in [0.2, 0.25) is 0 Å². The number of hydrogen-bond acceptors (Lipinski definition) is 3. The second-order valence-electron chi connectivity index (χ2n) is 6.66. The molecule has 0 unspecified atom stereocenters. The molecule has 0 saturated heterocycles. The van der Waals surface area contributed by atoms with E-state index < -0.39 is 11.5 Å². The number of hydrogen-bond donors (Lipinski definition) is 2. The molecule has 0 bridgehead atoms. The lowest BCUT2D eigenvalue weighted by atomic mass is 9.90. The predicted molar refractivity (Wildman–Crippen MR) is 93.8 cm³/mol. The molecule has 1 saturated carbocycles. The van der Waals surface area contributed by atoms with Crippen molar-refractivity contribution < 1.29 is 14.7 Å². The summed E-state index contributed by atoms with van der Waals surface area (Å²) < 4.78 is 1.64. The van der Waals surface area contributed by atoms with E-state index in [2.05, 4.69) is 10.4 Å². The number of carbonyl (C=O) groups is 2. The van der Waals surface area contributed by atoms with Gasteiger partial charge in [-0.25, -0.2) is 9.48 Å². The molecule has 3 rings (SSSR count). The highest BCUT2D eigenvalue weighted by molar-refractivity contribution is 5.98. The summed E-state index contributed by atoms with van der Waals surface area (Å²) in [7, 11) is 0. The van der Waals surface area contributed by atoms with Crippen molar-refractivity contribution in [2.45, 2.75) is 51.0 Å². The molecule has 2 N–H and O–H groups in total. The van der Waals surface area contributed by atoms with Gasteiger partial charge in [-0.05, 0) is 31.9 Å². The molecular formula is C19H23N3O3. The lowest BCUT2D eigenvalue weighted by Gasteiger charge is -2.29. The zero-order valence-corrected chi connectivity index (χ0v) is 14.4. The van der Waals surface area contributed by atoms with Gasteiger partial charge in [0.25, 0.3) is 5.91 Å². The van der Waals surface area contributed by atoms with Gasteiger partial charge in [0, 0.05) is 6.20 Å². The molecule has 6 heteroatoms. The molecule has 0 aliphatic heterocycles. The molecule has 1 aliphatic rings. The Morgan fingerprint density at radius 3 is 2.36 bits per heavy atom. The molecule has 132 valence electrons. The van der Waals surface area contributed by atoms with Crippen LogP contribution >= 0.6 is 0 Å². The maximum Gasteiger partial charge on any atom is 0.329 e. The minimum atomic E-state index is -1.17. The molecule has 6 nitrogen and oxygen atoms in total. The molecule has 1 fully saturated rings. The summed E-state index contributed by atoms with van der Waals surface area (Å²) in [6, 6.07) is 9.51. The Kier molecular flexibility index (Phi) is 4.88. The van der Waals surface area contributed by atoms with Gasteiger partial charge in [-0.3, -0.25) is 4.79 Å². The topological polar surface area (TPSA) is 84.2 Å². The van der Waals surface area contributed by atoms with Crippen molar-refractivity contribution in [3.8, 4) is 5.69 Å². The smallest absolute Gasteiger partial charge is 0.329 e. The molecule has 1 heterocycles. The van der Waals surface area contributed by atoms with Crippen LogP contribution in [0.15, 0.2) is 36.5 Å². The van der Waals surface area contributed by atoms with Gasteiger partial charge in [-0.15, -0.1) is 0 Å². The first kappa shape index (κ1) is 17.2. The average molecular weight is 341 g/mol. The fourth-order valence-corrected chi connectivity index (χ4v) is 3.41. The first-order valence-corrected chi connectivity index (χ1v) is 8.69. The molecule has 0 spiro atoms. The molecular weight excluding hydrogens is 318 g/mol. The van der Waals surface area contributed by atoms with Crippen LogP contribution in [0, 0.1) is 6.92 Å². The summed E-state index contributed by atoms with van der Waals surface area (Å²) >= 11 is 0. The Bertz CT molecular complexity index is 759. The van der Waals surface area contributed by atoms with Crippen LogP contribution in [0.5, 0.6) is 0 Å². The number of para-hydroxylation sites is 1. The Morgan fingerprint density at radius 2 is 1.76 bits per heavy atom. The van der Waals surface area contributed by atoms with E-state index in [4.69, 9.17) is 0 Å². The quantitative estimate of drug-likeness (QED) is 0.837. The Hall–Kier alpha value is -2.63. The van der Waals surface area contributed by atoms with E-state index in [0.717, 1.165) is 31.4 Å². The number of aromatic nitrogens is 2. The first-order chi connectivity index (χ1) is 12.0. The van der Waals surface area contributed by atoms with Crippen molar-refractivity contribution in [3.63, 3.8) is 0 Å². The highest BCUT2D eigenvalue weighted by Gasteiger charge is 2.40. The van der Waals surface area contributed by atoms with Crippen LogP contribution in [0.1, 0.15) is 54.6 Å². The molecule has 0 radical (unpaired) electrons. The van der Waals surface area contributed by atoms with Gasteiger partial charge in [0.15, 0.2) is 0 Å². The van der Waals surface area contributed by atoms with Crippen molar-refractivity contribution in [1.82, 2.24) is 15.1 Å². The average Bonchev–Trinajstić information content (AvgIpc) is 2.84. The van der Waals surface area contributed by atoms with Crippen LogP contribution in [0.3, 0.4) is 0 Å². The van der Waals surface area contributed by atoms with E-state index in [0.29, 0.717) is 24.1 Å². The molecule has 1 aromatic carbocycles. The molecule has 0 atom stereocenters. The number of rotatable bonds is 4. The summed E-state index contributed by atoms with van der Waals surface area (Å²) in [4.78, 5) is 24.6. The van der Waals surface area contributed by atoms with Crippen LogP contribution in [0.2, 0.25) is 0 Å². The number of carboxylic acids is 1. The molecule has 2 aromatic rings. The fraction of sp³-hybridized carbons (Fsp3) is 0.421. The Morgan fingerprint density at radius 1 is 1.12 bits per heavy atom. The maximum absolute atomic E-state index is 12.8. The number of nitrogens with one attached hydrogen (secondary N) is 1. The molecule has 1 aromatic heterocycles. The zero-order valence-electron chi connectivity index (χ0n) is 14.4. The van der Waals surface area contributed by atoms with Crippen molar-refractivity contribution in [2.24, 2.45) is 0 Å². The van der Waals surface area contributed by atoms with E-state index in [1.54, 1.807) is 17.8 Å². The lowest BCUT2D eigenvalue weighted by Crippen LogP contribution is -2.54. The summed E-state index contributed by atoms with van der Waals surface area (Å²) in [6.45, 7) is 1.76. The number of aliphatic carboxylic acids is 1. The van der Waals surface area contributed by atoms with Gasteiger partial charge in [0.05, 0.1) is 16.9 Å². The second kappa shape index (κ2) is 7.09. The number of carbonyl (C=O) groups excluding carboxylic acids is 1. The lowest BCUT2D eigenvalue weighted by molar-refractivity contribution is -0.145. The highest BCUT2D eigenvalue weighted by Crippen LogP contribution is 2.28. The Labute approximate surface area is 146 Å². The van der Waals surface area contributed by atoms with Crippen LogP contribution in [0.25, 0.3) is 5.69 Å². The maximum atomic E-state index is 12.8. The van der Waals surface area contributed by atoms with Crippen LogP contribution < -0.4 is 5.32 Å². The summed E-state index contributed by atoms with van der Waals surface area (Å²) in [5.41, 5.74) is 0.672. The van der Waals surface area contributed by atoms with Gasteiger partial charge >= 0.3 is 5.97 Å². The normalized spacial score (nSPS) is 16.8. The first-order valence-electron chi connectivity index (χ1n) is 8.69. The van der Waals surface area contributed by atoms with Crippen molar-refractivity contribution >= 4 is 11.9 Å². The van der Waals surface area contributed by atoms with E-state index in [-0.39, 0.29) is 5.91 Å². The number of benzene rings is 1. The predicted octanol–water partition coefficient (Wildman–Crippen LogP) is 3.09. The van der Waals surface area contributed by atoms with Gasteiger partial charge in [0.1, 0.15) is 5.54 Å². The van der Waals surface area contributed by atoms with E-state index in [1.165, 1.54) is 0 Å². The van der Waals surface area contributed by atoms with Gasteiger partial charge < -0.3 is 10.4 Å². The highest BCUT2D eigenvalue weighted by atomic mass is 16.4. The largest absolute Gasteiger partial charge is 0.480 e. The van der Waals surface area contributed by atoms with Crippen molar-refractivity contribution in [1.29, 1.82) is 0 Å². The molecule has 1 amide bonds. The molecule has 1 aliphatic carbocycles. The third kappa shape index (κ3) is 3.57. The number of aryl methyl sites for hydroxylation is 1. The monoisotopic (exact) mass is 341 g/mol. The fourth-order valence-electron chi connectivity index (χ4n) is 3.41. The minimum absolute atomic E-state index is 0.371. The van der Waals surface area contributed by atoms with Crippen molar-refractivity contribution in [3.05, 3.63) is 47.8 Å². The standard InChI is InChI=1S/C19H23N3O3/c1-14-16(13-22(21-14)15-9-5-4-6-10-15)17(23)20-19(18(24)25)11-7-2-3-8-12-19/h4-6,9-10,13H,2-3,7-8,11-12H2,1H3,(H,20,23)(H,24,25). The minimum Gasteiger partial charge on any atom is -0.480 e. The van der Waals surface area contributed by atoms with E-state index in [9.17, 15) is 14.7 Å². The van der Waals surface area contributed by atoms with E-state index >= 15 is 0 Å². The van der Waals surface area contributed by atoms with E-state index in [1.807, 2.05) is 30.3 Å². The van der Waals surface area contributed by atoms with Crippen LogP contribution in [0.4, 0.5) is 0 Å². The summed E-state index contributed by atoms with van der Waals surface area (Å²) in [6.07, 6.45) is 6.25. The van der Waals surface area contributed by atoms with Crippen LogP contribution in [-0.2, 0) is 4.79 Å². The number of carboxylic acid groups (broad SMARTS) is 1. The summed E-state index contributed by atoms with van der Waals surface area (Å²) in [5.74, 6) is -1.32. The third-order valence-corrected chi connectivity index (χ3v) is 4.88. The van der Waals surface area contributed by atoms with Gasteiger partial charge in [-0.2, -0.15) is 5.10 Å². The SMILES string of the molecule is Cc1nn(-c2ccccc2)cc1C(=O)NC1(C(=O)O)CCCCCC1.